The lowest BCUT2D eigenvalue weighted by Crippen LogP contribution is -2.18. The molecule has 33 heavy (non-hydrogen) atoms. The van der Waals surface area contributed by atoms with E-state index in [9.17, 15) is 18.0 Å². The van der Waals surface area contributed by atoms with Gasteiger partial charge in [0, 0.05) is 21.2 Å². The molecule has 0 aromatic heterocycles. The minimum atomic E-state index is -4.54. The summed E-state index contributed by atoms with van der Waals surface area (Å²) >= 11 is 12.0. The van der Waals surface area contributed by atoms with Crippen molar-refractivity contribution in [3.05, 3.63) is 93.0 Å². The number of nitrogens with zero attached hydrogens (tertiary/aromatic N) is 1. The van der Waals surface area contributed by atoms with E-state index in [1.165, 1.54) is 19.4 Å². The minimum absolute atomic E-state index is 0.163. The van der Waals surface area contributed by atoms with Gasteiger partial charge in [0.2, 0.25) is 0 Å². The van der Waals surface area contributed by atoms with Crippen molar-refractivity contribution in [1.82, 2.24) is 5.43 Å². The molecular weight excluding hydrogens is 480 g/mol. The van der Waals surface area contributed by atoms with Crippen LogP contribution in [0, 0.1) is 0 Å². The van der Waals surface area contributed by atoms with Gasteiger partial charge in [-0.25, -0.2) is 5.43 Å². The van der Waals surface area contributed by atoms with Crippen LogP contribution in [0.4, 0.5) is 13.2 Å². The summed E-state index contributed by atoms with van der Waals surface area (Å²) in [5.74, 6) is 0.0889. The fraction of sp³-hybridized carbons (Fsp3) is 0.130. The standard InChI is InChI=1S/C23H17Cl2F3N2O3/c1-32-21-9-14(5-8-20(21)33-13-16-6-7-18(24)11-19(16)25)12-29-30-22(31)15-3-2-4-17(10-15)23(26,27)28/h2-12H,13H2,1H3,(H,30,31)/b29-12-. The highest BCUT2D eigenvalue weighted by atomic mass is 35.5. The first-order valence-corrected chi connectivity index (χ1v) is 10.2. The van der Waals surface area contributed by atoms with E-state index in [0.717, 1.165) is 23.8 Å². The summed E-state index contributed by atoms with van der Waals surface area (Å²) in [5.41, 5.74) is 2.43. The van der Waals surface area contributed by atoms with Gasteiger partial charge in [-0.1, -0.05) is 35.3 Å². The predicted octanol–water partition coefficient (Wildman–Crippen LogP) is 6.36. The second-order valence-electron chi connectivity index (χ2n) is 6.71. The monoisotopic (exact) mass is 496 g/mol. The molecule has 0 saturated heterocycles. The Kier molecular flexibility index (Phi) is 7.84. The average molecular weight is 497 g/mol. The largest absolute Gasteiger partial charge is 0.493 e. The van der Waals surface area contributed by atoms with Gasteiger partial charge in [0.25, 0.3) is 5.91 Å². The number of hydrogen-bond acceptors (Lipinski definition) is 4. The summed E-state index contributed by atoms with van der Waals surface area (Å²) < 4.78 is 49.5. The molecule has 0 heterocycles. The summed E-state index contributed by atoms with van der Waals surface area (Å²) in [7, 11) is 1.47. The van der Waals surface area contributed by atoms with Crippen LogP contribution in [0.5, 0.6) is 11.5 Å². The Morgan fingerprint density at radius 2 is 1.85 bits per heavy atom. The summed E-state index contributed by atoms with van der Waals surface area (Å²) in [4.78, 5) is 12.1. The Labute approximate surface area is 197 Å². The van der Waals surface area contributed by atoms with Crippen molar-refractivity contribution in [3.8, 4) is 11.5 Å². The first kappa shape index (κ1) is 24.4. The van der Waals surface area contributed by atoms with Gasteiger partial charge >= 0.3 is 6.18 Å². The van der Waals surface area contributed by atoms with E-state index in [1.54, 1.807) is 36.4 Å². The van der Waals surface area contributed by atoms with Crippen molar-refractivity contribution in [2.45, 2.75) is 12.8 Å². The molecule has 1 amide bonds. The SMILES string of the molecule is COc1cc(/C=N\NC(=O)c2cccc(C(F)(F)F)c2)ccc1OCc1ccc(Cl)cc1Cl. The van der Waals surface area contributed by atoms with Gasteiger partial charge in [-0.3, -0.25) is 4.79 Å². The molecule has 0 bridgehead atoms. The Balaban J connectivity index is 1.65. The zero-order valence-corrected chi connectivity index (χ0v) is 18.6. The van der Waals surface area contributed by atoms with Gasteiger partial charge in [-0.2, -0.15) is 18.3 Å². The number of halogens is 5. The number of rotatable bonds is 7. The number of methoxy groups -OCH3 is 1. The lowest BCUT2D eigenvalue weighted by molar-refractivity contribution is -0.137. The van der Waals surface area contributed by atoms with E-state index in [1.807, 2.05) is 0 Å². The molecule has 172 valence electrons. The van der Waals surface area contributed by atoms with Crippen LogP contribution >= 0.6 is 23.2 Å². The Bertz CT molecular complexity index is 1180. The second-order valence-corrected chi connectivity index (χ2v) is 7.56. The first-order valence-electron chi connectivity index (χ1n) is 9.43. The summed E-state index contributed by atoms with van der Waals surface area (Å²) in [6, 6.07) is 14.1. The third-order valence-electron chi connectivity index (χ3n) is 4.42. The molecule has 3 aromatic carbocycles. The molecule has 0 aliphatic rings. The van der Waals surface area contributed by atoms with Crippen LogP contribution in [0.1, 0.15) is 27.0 Å². The topological polar surface area (TPSA) is 59.9 Å². The molecule has 0 aliphatic heterocycles. The zero-order valence-electron chi connectivity index (χ0n) is 17.1. The summed E-state index contributed by atoms with van der Waals surface area (Å²) in [6.45, 7) is 0.187. The van der Waals surface area contributed by atoms with Crippen LogP contribution in [0.3, 0.4) is 0 Å². The fourth-order valence-electron chi connectivity index (χ4n) is 2.74. The molecule has 0 aliphatic carbocycles. The zero-order chi connectivity index (χ0) is 24.0. The average Bonchev–Trinajstić information content (AvgIpc) is 2.78. The van der Waals surface area contributed by atoms with Crippen molar-refractivity contribution >= 4 is 35.3 Å². The van der Waals surface area contributed by atoms with E-state index in [-0.39, 0.29) is 12.2 Å². The Morgan fingerprint density at radius 1 is 1.06 bits per heavy atom. The molecule has 3 rings (SSSR count). The lowest BCUT2D eigenvalue weighted by atomic mass is 10.1. The number of hydrazone groups is 1. The van der Waals surface area contributed by atoms with Crippen LogP contribution in [0.15, 0.2) is 65.8 Å². The highest BCUT2D eigenvalue weighted by Crippen LogP contribution is 2.30. The first-order chi connectivity index (χ1) is 15.7. The van der Waals surface area contributed by atoms with Crippen molar-refractivity contribution in [3.63, 3.8) is 0 Å². The third kappa shape index (κ3) is 6.63. The number of alkyl halides is 3. The maximum atomic E-state index is 12.8. The summed E-state index contributed by atoms with van der Waals surface area (Å²) in [5, 5.41) is 4.79. The van der Waals surface area contributed by atoms with E-state index in [4.69, 9.17) is 32.7 Å². The number of nitrogens with one attached hydrogen (secondary N) is 1. The van der Waals surface area contributed by atoms with E-state index >= 15 is 0 Å². The van der Waals surface area contributed by atoms with Crippen LogP contribution in [-0.4, -0.2) is 19.2 Å². The predicted molar refractivity (Wildman–Crippen MR) is 120 cm³/mol. The summed E-state index contributed by atoms with van der Waals surface area (Å²) in [6.07, 6.45) is -3.22. The van der Waals surface area contributed by atoms with Gasteiger partial charge < -0.3 is 9.47 Å². The fourth-order valence-corrected chi connectivity index (χ4v) is 3.21. The van der Waals surface area contributed by atoms with Crippen LogP contribution in [-0.2, 0) is 12.8 Å². The molecule has 0 unspecified atom stereocenters. The third-order valence-corrected chi connectivity index (χ3v) is 5.00. The normalized spacial score (nSPS) is 11.5. The molecule has 3 aromatic rings. The Hall–Kier alpha value is -3.23. The second kappa shape index (κ2) is 10.6. The van der Waals surface area contributed by atoms with Gasteiger partial charge in [0.15, 0.2) is 11.5 Å². The highest BCUT2D eigenvalue weighted by molar-refractivity contribution is 6.35. The van der Waals surface area contributed by atoms with Crippen molar-refractivity contribution < 1.29 is 27.4 Å². The number of ether oxygens (including phenoxy) is 2. The molecule has 0 atom stereocenters. The molecule has 0 saturated carbocycles. The maximum Gasteiger partial charge on any atom is 0.416 e. The highest BCUT2D eigenvalue weighted by Gasteiger charge is 2.30. The maximum absolute atomic E-state index is 12.8. The quantitative estimate of drug-likeness (QED) is 0.305. The molecule has 0 fully saturated rings. The lowest BCUT2D eigenvalue weighted by Gasteiger charge is -2.12. The van der Waals surface area contributed by atoms with E-state index < -0.39 is 17.6 Å². The molecule has 10 heteroatoms. The van der Waals surface area contributed by atoms with Crippen LogP contribution < -0.4 is 14.9 Å². The molecular formula is C23H17Cl2F3N2O3. The van der Waals surface area contributed by atoms with Crippen LogP contribution in [0.2, 0.25) is 10.0 Å². The van der Waals surface area contributed by atoms with Crippen LogP contribution in [0.25, 0.3) is 0 Å². The van der Waals surface area contributed by atoms with Crippen molar-refractivity contribution in [2.75, 3.05) is 7.11 Å². The van der Waals surface area contributed by atoms with E-state index in [2.05, 4.69) is 10.5 Å². The number of amides is 1. The molecule has 1 N–H and O–H groups in total. The Morgan fingerprint density at radius 3 is 2.55 bits per heavy atom. The van der Waals surface area contributed by atoms with Gasteiger partial charge in [-0.05, 0) is 54.1 Å². The van der Waals surface area contributed by atoms with Crippen molar-refractivity contribution in [2.24, 2.45) is 5.10 Å². The van der Waals surface area contributed by atoms with Crippen molar-refractivity contribution in [1.29, 1.82) is 0 Å². The number of carbonyl (C=O) groups is 1. The van der Waals surface area contributed by atoms with Gasteiger partial charge in [-0.15, -0.1) is 0 Å². The van der Waals surface area contributed by atoms with Gasteiger partial charge in [0.05, 0.1) is 18.9 Å². The molecule has 0 radical (unpaired) electrons. The van der Waals surface area contributed by atoms with E-state index in [0.29, 0.717) is 27.1 Å². The van der Waals surface area contributed by atoms with Gasteiger partial charge in [0.1, 0.15) is 6.61 Å². The minimum Gasteiger partial charge on any atom is -0.493 e. The number of carbonyl (C=O) groups excluding carboxylic acids is 1. The molecule has 5 nitrogen and oxygen atoms in total. The number of benzene rings is 3. The molecule has 0 spiro atoms. The smallest absolute Gasteiger partial charge is 0.416 e. The number of hydrogen-bond donors (Lipinski definition) is 1.